The molecule has 1 unspecified atom stereocenters. The summed E-state index contributed by atoms with van der Waals surface area (Å²) < 4.78 is 4.99. The molecule has 2 fully saturated rings. The molecule has 8 heteroatoms. The molecule has 180 valence electrons. The van der Waals surface area contributed by atoms with Crippen LogP contribution in [0.4, 0.5) is 17.3 Å². The van der Waals surface area contributed by atoms with Crippen molar-refractivity contribution >= 4 is 34.5 Å². The summed E-state index contributed by atoms with van der Waals surface area (Å²) in [6.45, 7) is 1.90. The van der Waals surface area contributed by atoms with Crippen molar-refractivity contribution in [3.05, 3.63) is 65.6 Å². The summed E-state index contributed by atoms with van der Waals surface area (Å²) in [6.07, 6.45) is 6.35. The zero-order valence-corrected chi connectivity index (χ0v) is 20.2. The fourth-order valence-electron chi connectivity index (χ4n) is 4.25. The topological polar surface area (TPSA) is 105 Å². The van der Waals surface area contributed by atoms with Crippen LogP contribution in [0.25, 0.3) is 10.9 Å². The average molecular weight is 471 g/mol. The van der Waals surface area contributed by atoms with E-state index in [1.54, 1.807) is 7.11 Å². The van der Waals surface area contributed by atoms with E-state index in [1.807, 2.05) is 44.4 Å². The van der Waals surface area contributed by atoms with Crippen LogP contribution < -0.4 is 15.4 Å². The molecule has 2 heterocycles. The van der Waals surface area contributed by atoms with Gasteiger partial charge in [0.15, 0.2) is 5.82 Å². The maximum absolute atomic E-state index is 10.9. The molecule has 2 saturated carbocycles. The van der Waals surface area contributed by atoms with E-state index in [4.69, 9.17) is 4.74 Å². The van der Waals surface area contributed by atoms with Gasteiger partial charge in [-0.15, -0.1) is 0 Å². The van der Waals surface area contributed by atoms with Gasteiger partial charge in [-0.2, -0.15) is 5.10 Å². The monoisotopic (exact) mass is 470 g/mol. The second kappa shape index (κ2) is 9.74. The highest BCUT2D eigenvalue weighted by Gasteiger charge is 2.38. The number of rotatable bonds is 7. The zero-order valence-electron chi connectivity index (χ0n) is 20.2. The van der Waals surface area contributed by atoms with Crippen LogP contribution in [-0.4, -0.2) is 40.6 Å². The number of fused-ring (bicyclic) bond motifs is 1. The molecule has 0 aliphatic heterocycles. The Hall–Kier alpha value is -3.94. The minimum absolute atomic E-state index is 0.183. The van der Waals surface area contributed by atoms with Gasteiger partial charge < -0.3 is 20.2 Å². The number of aromatic amines is 1. The van der Waals surface area contributed by atoms with E-state index in [0.29, 0.717) is 11.8 Å². The van der Waals surface area contributed by atoms with Gasteiger partial charge in [0, 0.05) is 35.8 Å². The molecule has 0 amide bonds. The molecule has 0 bridgehead atoms. The molecule has 0 spiro atoms. The number of methoxy groups -OCH3 is 1. The second-order valence-corrected chi connectivity index (χ2v) is 9.12. The number of aryl methyl sites for hydroxylation is 1. The normalized spacial score (nSPS) is 18.4. The van der Waals surface area contributed by atoms with Crippen LogP contribution in [-0.2, 0) is 4.79 Å². The Balaban J connectivity index is 0.000000214. The van der Waals surface area contributed by atoms with Crippen molar-refractivity contribution in [3.63, 3.8) is 0 Å². The predicted octanol–water partition coefficient (Wildman–Crippen LogP) is 5.32. The van der Waals surface area contributed by atoms with Gasteiger partial charge in [0.25, 0.3) is 0 Å². The number of aromatic nitrogens is 4. The summed E-state index contributed by atoms with van der Waals surface area (Å²) in [7, 11) is 3.55. The molecule has 35 heavy (non-hydrogen) atoms. The van der Waals surface area contributed by atoms with Crippen molar-refractivity contribution in [2.75, 3.05) is 24.8 Å². The van der Waals surface area contributed by atoms with Gasteiger partial charge >= 0.3 is 0 Å². The standard InChI is InChI=1S/C19H19N5O.C8H11NO/c1-10-20-8-16(11-2-3-11)18(21-10)22-19-14-5-4-12(7-17(14)23-24-19)15-6-13(15)9-25;1-9-7-3-5-8(10-2)6-4-7/h4-5,7-9,11,13,15H,2-3,6H2,1H3,(H2,20,21,22,23,24);3-6,9H,1-2H3/t13?,15-;/m0./s1. The first-order valence-electron chi connectivity index (χ1n) is 11.9. The molecule has 3 N–H and O–H groups in total. The van der Waals surface area contributed by atoms with Crippen LogP contribution in [0.3, 0.4) is 0 Å². The van der Waals surface area contributed by atoms with Crippen molar-refractivity contribution in [2.24, 2.45) is 5.92 Å². The molecule has 6 rings (SSSR count). The number of hydrogen-bond donors (Lipinski definition) is 3. The van der Waals surface area contributed by atoms with Crippen molar-refractivity contribution < 1.29 is 9.53 Å². The molecule has 2 aliphatic rings. The van der Waals surface area contributed by atoms with Crippen LogP contribution in [0.15, 0.2) is 48.7 Å². The van der Waals surface area contributed by atoms with E-state index >= 15 is 0 Å². The third-order valence-electron chi connectivity index (χ3n) is 6.60. The summed E-state index contributed by atoms with van der Waals surface area (Å²) >= 11 is 0. The maximum Gasteiger partial charge on any atom is 0.161 e. The fourth-order valence-corrected chi connectivity index (χ4v) is 4.25. The van der Waals surface area contributed by atoms with Crippen LogP contribution in [0, 0.1) is 12.8 Å². The minimum atomic E-state index is 0.183. The molecule has 2 atom stereocenters. The molecule has 0 radical (unpaired) electrons. The number of carbonyl (C=O) groups excluding carboxylic acids is 1. The van der Waals surface area contributed by atoms with E-state index in [0.717, 1.165) is 52.5 Å². The van der Waals surface area contributed by atoms with Crippen LogP contribution >= 0.6 is 0 Å². The highest BCUT2D eigenvalue weighted by atomic mass is 16.5. The van der Waals surface area contributed by atoms with Gasteiger partial charge in [0.2, 0.25) is 0 Å². The molecule has 2 aromatic carbocycles. The van der Waals surface area contributed by atoms with Crippen LogP contribution in [0.5, 0.6) is 5.75 Å². The van der Waals surface area contributed by atoms with Gasteiger partial charge in [-0.1, -0.05) is 6.07 Å². The summed E-state index contributed by atoms with van der Waals surface area (Å²) in [5.41, 5.74) is 4.46. The van der Waals surface area contributed by atoms with Gasteiger partial charge in [-0.05, 0) is 80.0 Å². The highest BCUT2D eigenvalue weighted by Crippen LogP contribution is 2.47. The SMILES string of the molecule is CNc1ccc(OC)cc1.Cc1ncc(C2CC2)c(Nc2n[nH]c3cc([C@@H]4CC4C=O)ccc23)n1. The molecule has 0 saturated heterocycles. The van der Waals surface area contributed by atoms with Crippen molar-refractivity contribution in [1.82, 2.24) is 20.2 Å². The lowest BCUT2D eigenvalue weighted by atomic mass is 10.1. The van der Waals surface area contributed by atoms with Crippen molar-refractivity contribution in [2.45, 2.75) is 38.0 Å². The summed E-state index contributed by atoms with van der Waals surface area (Å²) in [4.78, 5) is 19.8. The predicted molar refractivity (Wildman–Crippen MR) is 138 cm³/mol. The Bertz CT molecular complexity index is 1310. The van der Waals surface area contributed by atoms with Crippen molar-refractivity contribution in [3.8, 4) is 5.75 Å². The molecule has 8 nitrogen and oxygen atoms in total. The number of hydrogen-bond acceptors (Lipinski definition) is 7. The molecular weight excluding hydrogens is 440 g/mol. The third-order valence-corrected chi connectivity index (χ3v) is 6.60. The zero-order chi connectivity index (χ0) is 24.4. The smallest absolute Gasteiger partial charge is 0.161 e. The maximum atomic E-state index is 10.9. The molecule has 4 aromatic rings. The lowest BCUT2D eigenvalue weighted by Gasteiger charge is -2.09. The van der Waals surface area contributed by atoms with Crippen LogP contribution in [0.1, 0.15) is 48.0 Å². The van der Waals surface area contributed by atoms with Gasteiger partial charge in [-0.25, -0.2) is 9.97 Å². The largest absolute Gasteiger partial charge is 0.497 e. The Kier molecular flexibility index (Phi) is 6.35. The highest BCUT2D eigenvalue weighted by molar-refractivity contribution is 5.92. The number of nitrogens with one attached hydrogen (secondary N) is 3. The summed E-state index contributed by atoms with van der Waals surface area (Å²) in [5.74, 6) is 4.40. The second-order valence-electron chi connectivity index (χ2n) is 9.12. The lowest BCUT2D eigenvalue weighted by molar-refractivity contribution is -0.108. The third kappa shape index (κ3) is 5.11. The Labute approximate surface area is 204 Å². The Morgan fingerprint density at radius 3 is 2.57 bits per heavy atom. The summed E-state index contributed by atoms with van der Waals surface area (Å²) in [6, 6.07) is 14.1. The van der Waals surface area contributed by atoms with E-state index in [1.165, 1.54) is 24.0 Å². The first-order valence-corrected chi connectivity index (χ1v) is 11.9. The number of benzene rings is 2. The van der Waals surface area contributed by atoms with Gasteiger partial charge in [-0.3, -0.25) is 5.10 Å². The van der Waals surface area contributed by atoms with E-state index < -0.39 is 0 Å². The minimum Gasteiger partial charge on any atom is -0.497 e. The number of aldehydes is 1. The van der Waals surface area contributed by atoms with E-state index in [2.05, 4.69) is 49.0 Å². The first kappa shape index (κ1) is 22.8. The number of carbonyl (C=O) groups is 1. The number of anilines is 3. The molecule has 2 aliphatic carbocycles. The summed E-state index contributed by atoms with van der Waals surface area (Å²) in [5, 5.41) is 15.0. The molecular formula is C27H30N6O2. The quantitative estimate of drug-likeness (QED) is 0.314. The molecule has 2 aromatic heterocycles. The van der Waals surface area contributed by atoms with Crippen LogP contribution in [0.2, 0.25) is 0 Å². The first-order chi connectivity index (χ1) is 17.1. The average Bonchev–Trinajstić information content (AvgIpc) is 3.82. The number of nitrogens with zero attached hydrogens (tertiary/aromatic N) is 3. The Morgan fingerprint density at radius 1 is 1.11 bits per heavy atom. The number of H-pyrrole nitrogens is 1. The van der Waals surface area contributed by atoms with E-state index in [-0.39, 0.29) is 5.92 Å². The lowest BCUT2D eigenvalue weighted by Crippen LogP contribution is -2.02. The Morgan fingerprint density at radius 2 is 1.91 bits per heavy atom. The van der Waals surface area contributed by atoms with Gasteiger partial charge in [0.05, 0.1) is 12.6 Å². The van der Waals surface area contributed by atoms with Gasteiger partial charge in [0.1, 0.15) is 23.7 Å². The number of ether oxygens (including phenoxy) is 1. The fraction of sp³-hybridized carbons (Fsp3) is 0.333. The van der Waals surface area contributed by atoms with Crippen molar-refractivity contribution in [1.29, 1.82) is 0 Å². The van der Waals surface area contributed by atoms with E-state index in [9.17, 15) is 4.79 Å².